The Labute approximate surface area is 135 Å². The zero-order valence-electron chi connectivity index (χ0n) is 13.2. The Hall–Kier alpha value is -2.88. The number of carbonyl (C=O) groups excluding carboxylic acids is 1. The maximum Gasteiger partial charge on any atom is 0.212 e. The van der Waals surface area contributed by atoms with Crippen molar-refractivity contribution < 1.29 is 9.53 Å². The lowest BCUT2D eigenvalue weighted by Gasteiger charge is -2.02. The van der Waals surface area contributed by atoms with Gasteiger partial charge in [-0.1, -0.05) is 30.3 Å². The first kappa shape index (κ1) is 16.5. The molecule has 0 aromatic heterocycles. The summed E-state index contributed by atoms with van der Waals surface area (Å²) >= 11 is 0. The number of rotatable bonds is 6. The maximum atomic E-state index is 12.3. The quantitative estimate of drug-likeness (QED) is 0.656. The van der Waals surface area contributed by atoms with E-state index in [4.69, 9.17) is 4.74 Å². The van der Waals surface area contributed by atoms with Crippen LogP contribution in [0.1, 0.15) is 22.8 Å². The van der Waals surface area contributed by atoms with Crippen LogP contribution in [0.25, 0.3) is 6.08 Å². The van der Waals surface area contributed by atoms with Gasteiger partial charge in [-0.25, -0.2) is 0 Å². The molecule has 0 aliphatic heterocycles. The van der Waals surface area contributed by atoms with Gasteiger partial charge in [0.15, 0.2) is 5.78 Å². The van der Waals surface area contributed by atoms with E-state index in [1.165, 1.54) is 12.1 Å². The molecule has 0 radical (unpaired) electrons. The van der Waals surface area contributed by atoms with Gasteiger partial charge in [-0.3, -0.25) is 9.59 Å². The van der Waals surface area contributed by atoms with Crippen LogP contribution in [0.3, 0.4) is 0 Å². The molecular formula is C19H19NO3. The van der Waals surface area contributed by atoms with Crippen LogP contribution in [0, 0.1) is 0 Å². The first-order valence-corrected chi connectivity index (χ1v) is 7.42. The zero-order valence-corrected chi connectivity index (χ0v) is 13.2. The standard InChI is InChI=1S/C19H19NO3/c1-3-23-15-11-8-14(9-12-15)10-13-18(21)16-6-4-5-7-17(20-2)19(16)22/h4-13H,3H2,1-2H3,(H,20,22)/b13-10-. The number of anilines is 1. The summed E-state index contributed by atoms with van der Waals surface area (Å²) < 4.78 is 5.37. The number of allylic oxidation sites excluding steroid dienone is 1. The monoisotopic (exact) mass is 309 g/mol. The van der Waals surface area contributed by atoms with Crippen LogP contribution in [0.15, 0.2) is 59.4 Å². The summed E-state index contributed by atoms with van der Waals surface area (Å²) in [6.07, 6.45) is 3.09. The van der Waals surface area contributed by atoms with Crippen molar-refractivity contribution in [3.05, 3.63) is 76.0 Å². The van der Waals surface area contributed by atoms with E-state index < -0.39 is 0 Å². The van der Waals surface area contributed by atoms with E-state index in [0.29, 0.717) is 12.3 Å². The van der Waals surface area contributed by atoms with E-state index in [9.17, 15) is 9.59 Å². The fourth-order valence-corrected chi connectivity index (χ4v) is 2.09. The van der Waals surface area contributed by atoms with E-state index in [1.54, 1.807) is 31.3 Å². The molecule has 0 spiro atoms. The molecule has 0 amide bonds. The highest BCUT2D eigenvalue weighted by Crippen LogP contribution is 2.13. The highest BCUT2D eigenvalue weighted by atomic mass is 16.5. The third-order valence-electron chi connectivity index (χ3n) is 3.28. The van der Waals surface area contributed by atoms with Crippen molar-refractivity contribution in [3.8, 4) is 5.75 Å². The number of ketones is 1. The lowest BCUT2D eigenvalue weighted by atomic mass is 10.1. The molecule has 0 heterocycles. The molecule has 0 saturated carbocycles. The molecule has 0 bridgehead atoms. The Kier molecular flexibility index (Phi) is 5.69. The number of hydrogen-bond acceptors (Lipinski definition) is 4. The Morgan fingerprint density at radius 3 is 2.48 bits per heavy atom. The van der Waals surface area contributed by atoms with Crippen molar-refractivity contribution in [2.75, 3.05) is 19.0 Å². The fraction of sp³-hybridized carbons (Fsp3) is 0.158. The van der Waals surface area contributed by atoms with E-state index in [1.807, 2.05) is 31.2 Å². The van der Waals surface area contributed by atoms with Crippen molar-refractivity contribution >= 4 is 17.5 Å². The van der Waals surface area contributed by atoms with Crippen LogP contribution in [-0.4, -0.2) is 19.4 Å². The van der Waals surface area contributed by atoms with Gasteiger partial charge in [0.2, 0.25) is 5.43 Å². The summed E-state index contributed by atoms with van der Waals surface area (Å²) in [6.45, 7) is 2.53. The van der Waals surface area contributed by atoms with Crippen molar-refractivity contribution in [2.45, 2.75) is 6.92 Å². The fourth-order valence-electron chi connectivity index (χ4n) is 2.09. The molecule has 0 saturated heterocycles. The van der Waals surface area contributed by atoms with Crippen molar-refractivity contribution in [1.29, 1.82) is 0 Å². The second kappa shape index (κ2) is 7.94. The van der Waals surface area contributed by atoms with Gasteiger partial charge in [-0.15, -0.1) is 0 Å². The predicted molar refractivity (Wildman–Crippen MR) is 93.2 cm³/mol. The van der Waals surface area contributed by atoms with Crippen LogP contribution >= 0.6 is 0 Å². The number of hydrogen-bond donors (Lipinski definition) is 1. The SMILES string of the molecule is CCOc1ccc(/C=C\C(=O)c2ccccc(NC)c2=O)cc1. The molecule has 2 aromatic carbocycles. The number of ether oxygens (including phenoxy) is 1. The summed E-state index contributed by atoms with van der Waals surface area (Å²) in [5.74, 6) is 0.461. The van der Waals surface area contributed by atoms with Crippen LogP contribution in [-0.2, 0) is 0 Å². The summed E-state index contributed by atoms with van der Waals surface area (Å²) in [5, 5.41) is 2.80. The van der Waals surface area contributed by atoms with Gasteiger partial charge in [0, 0.05) is 7.05 Å². The molecular weight excluding hydrogens is 290 g/mol. The third-order valence-corrected chi connectivity index (χ3v) is 3.28. The lowest BCUT2D eigenvalue weighted by molar-refractivity contribution is 0.104. The van der Waals surface area contributed by atoms with Crippen molar-refractivity contribution in [2.24, 2.45) is 0 Å². The van der Waals surface area contributed by atoms with E-state index >= 15 is 0 Å². The minimum atomic E-state index is -0.323. The molecule has 2 aromatic rings. The Balaban J connectivity index is 2.22. The third kappa shape index (κ3) is 4.30. The predicted octanol–water partition coefficient (Wildman–Crippen LogP) is 3.38. The molecule has 4 heteroatoms. The summed E-state index contributed by atoms with van der Waals surface area (Å²) in [6, 6.07) is 14.0. The van der Waals surface area contributed by atoms with E-state index in [2.05, 4.69) is 5.32 Å². The van der Waals surface area contributed by atoms with Gasteiger partial charge in [-0.05, 0) is 42.8 Å². The average Bonchev–Trinajstić information content (AvgIpc) is 2.75. The zero-order chi connectivity index (χ0) is 16.7. The van der Waals surface area contributed by atoms with Gasteiger partial charge >= 0.3 is 0 Å². The largest absolute Gasteiger partial charge is 0.494 e. The minimum Gasteiger partial charge on any atom is -0.494 e. The van der Waals surface area contributed by atoms with Crippen LogP contribution in [0.4, 0.5) is 5.69 Å². The number of carbonyl (C=O) groups is 1. The summed E-state index contributed by atoms with van der Waals surface area (Å²) in [4.78, 5) is 24.5. The van der Waals surface area contributed by atoms with Crippen LogP contribution in [0.5, 0.6) is 5.75 Å². The van der Waals surface area contributed by atoms with Crippen molar-refractivity contribution in [3.63, 3.8) is 0 Å². The topological polar surface area (TPSA) is 55.4 Å². The van der Waals surface area contributed by atoms with E-state index in [0.717, 1.165) is 11.3 Å². The van der Waals surface area contributed by atoms with Crippen LogP contribution in [0.2, 0.25) is 0 Å². The Bertz CT molecular complexity index is 764. The summed E-state index contributed by atoms with van der Waals surface area (Å²) in [7, 11) is 1.65. The molecule has 23 heavy (non-hydrogen) atoms. The molecule has 118 valence electrons. The second-order valence-electron chi connectivity index (χ2n) is 4.82. The molecule has 2 rings (SSSR count). The minimum absolute atomic E-state index is 0.140. The molecule has 1 N–H and O–H groups in total. The second-order valence-corrected chi connectivity index (χ2v) is 4.82. The lowest BCUT2D eigenvalue weighted by Crippen LogP contribution is -2.14. The smallest absolute Gasteiger partial charge is 0.212 e. The average molecular weight is 309 g/mol. The number of benzene rings is 1. The van der Waals surface area contributed by atoms with Gasteiger partial charge in [0.1, 0.15) is 5.75 Å². The Morgan fingerprint density at radius 1 is 1.13 bits per heavy atom. The normalized spacial score (nSPS) is 10.5. The Morgan fingerprint density at radius 2 is 1.83 bits per heavy atom. The molecule has 4 nitrogen and oxygen atoms in total. The van der Waals surface area contributed by atoms with E-state index in [-0.39, 0.29) is 16.8 Å². The molecule has 0 aliphatic carbocycles. The first-order valence-electron chi connectivity index (χ1n) is 7.42. The van der Waals surface area contributed by atoms with Gasteiger partial charge < -0.3 is 10.1 Å². The van der Waals surface area contributed by atoms with Gasteiger partial charge in [-0.2, -0.15) is 0 Å². The first-order chi connectivity index (χ1) is 11.2. The number of nitrogens with one attached hydrogen (secondary N) is 1. The maximum absolute atomic E-state index is 12.3. The van der Waals surface area contributed by atoms with Gasteiger partial charge in [0.05, 0.1) is 17.9 Å². The highest BCUT2D eigenvalue weighted by molar-refractivity contribution is 6.07. The van der Waals surface area contributed by atoms with Gasteiger partial charge in [0.25, 0.3) is 0 Å². The summed E-state index contributed by atoms with van der Waals surface area (Å²) in [5.41, 5.74) is 1.09. The van der Waals surface area contributed by atoms with Crippen LogP contribution < -0.4 is 15.5 Å². The molecule has 0 aliphatic rings. The van der Waals surface area contributed by atoms with Crippen molar-refractivity contribution in [1.82, 2.24) is 0 Å². The highest BCUT2D eigenvalue weighted by Gasteiger charge is 2.08. The molecule has 0 atom stereocenters. The molecule has 0 fully saturated rings. The molecule has 0 unspecified atom stereocenters.